The molecule has 0 unspecified atom stereocenters. The summed E-state index contributed by atoms with van der Waals surface area (Å²) < 4.78 is 4.52. The van der Waals surface area contributed by atoms with Crippen LogP contribution in [-0.4, -0.2) is 35.7 Å². The zero-order chi connectivity index (χ0) is 15.4. The molecule has 0 aliphatic carbocycles. The van der Waals surface area contributed by atoms with E-state index < -0.39 is 11.9 Å². The van der Waals surface area contributed by atoms with Crippen LogP contribution < -0.4 is 10.7 Å². The van der Waals surface area contributed by atoms with E-state index in [-0.39, 0.29) is 41.5 Å². The summed E-state index contributed by atoms with van der Waals surface area (Å²) >= 11 is 0. The number of aromatic hydroxyl groups is 1. The summed E-state index contributed by atoms with van der Waals surface area (Å²) in [5.74, 6) is -1.65. The minimum atomic E-state index is -0.595. The molecular weight excluding hydrogens is 278 g/mol. The largest absolute Gasteiger partial charge is 0.506 e. The maximum absolute atomic E-state index is 11.9. The van der Waals surface area contributed by atoms with Gasteiger partial charge < -0.3 is 15.2 Å². The molecule has 0 aromatic heterocycles. The first-order valence-electron chi connectivity index (χ1n) is 6.09. The second kappa shape index (κ2) is 6.04. The van der Waals surface area contributed by atoms with Gasteiger partial charge in [-0.05, 0) is 18.2 Å². The normalized spacial score (nSPS) is 14.0. The Morgan fingerprint density at radius 2 is 2.14 bits per heavy atom. The monoisotopic (exact) mass is 291 g/mol. The fraction of sp³-hybridized carbons (Fsp3) is 0.231. The molecule has 0 saturated heterocycles. The fourth-order valence-corrected chi connectivity index (χ4v) is 1.71. The predicted molar refractivity (Wildman–Crippen MR) is 72.9 cm³/mol. The van der Waals surface area contributed by atoms with E-state index in [0.717, 1.165) is 0 Å². The highest BCUT2D eigenvalue weighted by Crippen LogP contribution is 2.24. The summed E-state index contributed by atoms with van der Waals surface area (Å²) in [4.78, 5) is 34.1. The first kappa shape index (κ1) is 14.5. The van der Waals surface area contributed by atoms with Crippen LogP contribution in [0.3, 0.4) is 0 Å². The molecule has 1 heterocycles. The Morgan fingerprint density at radius 3 is 2.71 bits per heavy atom. The first-order chi connectivity index (χ1) is 10.0. The Labute approximate surface area is 119 Å². The molecule has 0 saturated carbocycles. The van der Waals surface area contributed by atoms with Crippen LogP contribution in [0.4, 0.5) is 5.69 Å². The van der Waals surface area contributed by atoms with Gasteiger partial charge in [-0.3, -0.25) is 9.59 Å². The summed E-state index contributed by atoms with van der Waals surface area (Å²) in [6.45, 7) is 0. The maximum atomic E-state index is 11.9. The SMILES string of the molecule is COC(=O)c1ccc(NC(=O)C2=NNC(=O)CC2)c(O)c1. The molecule has 2 rings (SSSR count). The number of carbonyl (C=O) groups is 3. The summed E-state index contributed by atoms with van der Waals surface area (Å²) in [6.07, 6.45) is 0.401. The van der Waals surface area contributed by atoms with E-state index in [9.17, 15) is 19.5 Å². The number of hydrogen-bond acceptors (Lipinski definition) is 6. The number of anilines is 1. The molecule has 3 N–H and O–H groups in total. The van der Waals surface area contributed by atoms with Gasteiger partial charge >= 0.3 is 5.97 Å². The van der Waals surface area contributed by atoms with Gasteiger partial charge in [-0.15, -0.1) is 0 Å². The average Bonchev–Trinajstić information content (AvgIpc) is 2.49. The third-order valence-electron chi connectivity index (χ3n) is 2.83. The van der Waals surface area contributed by atoms with Crippen molar-refractivity contribution in [1.82, 2.24) is 5.43 Å². The lowest BCUT2D eigenvalue weighted by Crippen LogP contribution is -2.32. The van der Waals surface area contributed by atoms with Gasteiger partial charge in [0.15, 0.2) is 0 Å². The lowest BCUT2D eigenvalue weighted by Gasteiger charge is -2.13. The number of esters is 1. The van der Waals surface area contributed by atoms with E-state index in [2.05, 4.69) is 20.6 Å². The second-order valence-electron chi connectivity index (χ2n) is 4.27. The van der Waals surface area contributed by atoms with Crippen LogP contribution in [0.5, 0.6) is 5.75 Å². The van der Waals surface area contributed by atoms with Crippen molar-refractivity contribution < 1.29 is 24.2 Å². The zero-order valence-electron chi connectivity index (χ0n) is 11.2. The van der Waals surface area contributed by atoms with Crippen LogP contribution in [0.15, 0.2) is 23.3 Å². The molecule has 1 aliphatic heterocycles. The van der Waals surface area contributed by atoms with Crippen molar-refractivity contribution in [1.29, 1.82) is 0 Å². The Morgan fingerprint density at radius 1 is 1.38 bits per heavy atom. The van der Waals surface area contributed by atoms with Crippen LogP contribution in [0, 0.1) is 0 Å². The number of ether oxygens (including phenoxy) is 1. The van der Waals surface area contributed by atoms with E-state index in [1.54, 1.807) is 0 Å². The van der Waals surface area contributed by atoms with Crippen LogP contribution in [-0.2, 0) is 14.3 Å². The number of amides is 2. The van der Waals surface area contributed by atoms with Gasteiger partial charge in [0.05, 0.1) is 18.4 Å². The van der Waals surface area contributed by atoms with Gasteiger partial charge in [0.2, 0.25) is 5.91 Å². The number of carbonyl (C=O) groups excluding carboxylic acids is 3. The maximum Gasteiger partial charge on any atom is 0.337 e. The van der Waals surface area contributed by atoms with Crippen molar-refractivity contribution in [3.8, 4) is 5.75 Å². The van der Waals surface area contributed by atoms with E-state index in [1.807, 2.05) is 0 Å². The number of hydrazone groups is 1. The summed E-state index contributed by atoms with van der Waals surface area (Å²) in [5, 5.41) is 15.9. The number of nitrogens with zero attached hydrogens (tertiary/aromatic N) is 1. The van der Waals surface area contributed by atoms with Crippen molar-refractivity contribution in [2.75, 3.05) is 12.4 Å². The molecule has 0 bridgehead atoms. The standard InChI is InChI=1S/C13H13N3O5/c1-21-13(20)7-2-3-8(10(17)6-7)14-12(19)9-4-5-11(18)16-15-9/h2-3,6,17H,4-5H2,1H3,(H,14,19)(H,16,18). The third-order valence-corrected chi connectivity index (χ3v) is 2.83. The molecule has 110 valence electrons. The van der Waals surface area contributed by atoms with E-state index in [0.29, 0.717) is 0 Å². The van der Waals surface area contributed by atoms with E-state index in [1.165, 1.54) is 25.3 Å². The number of methoxy groups -OCH3 is 1. The number of benzene rings is 1. The van der Waals surface area contributed by atoms with Crippen molar-refractivity contribution in [3.63, 3.8) is 0 Å². The summed E-state index contributed by atoms with van der Waals surface area (Å²) in [7, 11) is 1.23. The van der Waals surface area contributed by atoms with Crippen LogP contribution in [0.2, 0.25) is 0 Å². The average molecular weight is 291 g/mol. The fourth-order valence-electron chi connectivity index (χ4n) is 1.71. The minimum Gasteiger partial charge on any atom is -0.506 e. The number of hydrogen-bond donors (Lipinski definition) is 3. The van der Waals surface area contributed by atoms with Gasteiger partial charge in [-0.2, -0.15) is 5.10 Å². The highest BCUT2D eigenvalue weighted by atomic mass is 16.5. The van der Waals surface area contributed by atoms with Gasteiger partial charge in [0.1, 0.15) is 11.5 Å². The molecule has 1 aromatic rings. The van der Waals surface area contributed by atoms with E-state index >= 15 is 0 Å². The molecule has 8 heteroatoms. The topological polar surface area (TPSA) is 117 Å². The molecule has 0 atom stereocenters. The Hall–Kier alpha value is -2.90. The highest BCUT2D eigenvalue weighted by Gasteiger charge is 2.19. The highest BCUT2D eigenvalue weighted by molar-refractivity contribution is 6.43. The number of phenolic OH excluding ortho intramolecular Hbond substituents is 1. The zero-order valence-corrected chi connectivity index (χ0v) is 11.2. The molecule has 1 aliphatic rings. The van der Waals surface area contributed by atoms with Crippen molar-refractivity contribution in [2.24, 2.45) is 5.10 Å². The van der Waals surface area contributed by atoms with Gasteiger partial charge in [-0.25, -0.2) is 10.2 Å². The lowest BCUT2D eigenvalue weighted by atomic mass is 10.1. The Bertz CT molecular complexity index is 639. The van der Waals surface area contributed by atoms with Crippen molar-refractivity contribution in [2.45, 2.75) is 12.8 Å². The van der Waals surface area contributed by atoms with Gasteiger partial charge in [0.25, 0.3) is 5.91 Å². The third kappa shape index (κ3) is 3.35. The second-order valence-corrected chi connectivity index (χ2v) is 4.27. The van der Waals surface area contributed by atoms with Crippen molar-refractivity contribution >= 4 is 29.2 Å². The summed E-state index contributed by atoms with van der Waals surface area (Å²) in [6, 6.07) is 3.97. The summed E-state index contributed by atoms with van der Waals surface area (Å²) in [5.41, 5.74) is 2.66. The number of phenols is 1. The Balaban J connectivity index is 2.11. The number of rotatable bonds is 3. The molecule has 1 aromatic carbocycles. The van der Waals surface area contributed by atoms with Gasteiger partial charge in [0, 0.05) is 12.8 Å². The molecule has 2 amide bonds. The van der Waals surface area contributed by atoms with Crippen molar-refractivity contribution in [3.05, 3.63) is 23.8 Å². The van der Waals surface area contributed by atoms with Crippen LogP contribution in [0.1, 0.15) is 23.2 Å². The van der Waals surface area contributed by atoms with Crippen LogP contribution in [0.25, 0.3) is 0 Å². The molecule has 0 spiro atoms. The molecule has 8 nitrogen and oxygen atoms in total. The van der Waals surface area contributed by atoms with E-state index in [4.69, 9.17) is 0 Å². The molecule has 0 radical (unpaired) electrons. The van der Waals surface area contributed by atoms with Crippen LogP contribution >= 0.6 is 0 Å². The molecule has 21 heavy (non-hydrogen) atoms. The minimum absolute atomic E-state index is 0.132. The molecule has 0 fully saturated rings. The number of nitrogens with one attached hydrogen (secondary N) is 2. The smallest absolute Gasteiger partial charge is 0.337 e. The molecular formula is C13H13N3O5. The van der Waals surface area contributed by atoms with Gasteiger partial charge in [-0.1, -0.05) is 0 Å². The Kier molecular flexibility index (Phi) is 4.17. The lowest BCUT2D eigenvalue weighted by molar-refractivity contribution is -0.121. The quantitative estimate of drug-likeness (QED) is 0.550. The predicted octanol–water partition coefficient (Wildman–Crippen LogP) is 0.383. The first-order valence-corrected chi connectivity index (χ1v) is 6.09.